The maximum atomic E-state index is 5.48. The number of thioether (sulfide) groups is 1. The lowest BCUT2D eigenvalue weighted by Crippen LogP contribution is -2.15. The molecule has 2 heteroatoms. The van der Waals surface area contributed by atoms with E-state index in [0.717, 1.165) is 6.61 Å². The summed E-state index contributed by atoms with van der Waals surface area (Å²) in [6.45, 7) is 3.17. The molecular formula is C7H14OS. The molecule has 0 aliphatic carbocycles. The summed E-state index contributed by atoms with van der Waals surface area (Å²) in [7, 11) is 0. The average Bonchev–Trinajstić information content (AvgIpc) is 1.91. The van der Waals surface area contributed by atoms with Gasteiger partial charge in [-0.25, -0.2) is 0 Å². The van der Waals surface area contributed by atoms with Gasteiger partial charge in [0.05, 0.1) is 0 Å². The molecule has 0 aromatic carbocycles. The Hall–Kier alpha value is 0.310. The predicted molar refractivity (Wildman–Crippen MR) is 41.7 cm³/mol. The summed E-state index contributed by atoms with van der Waals surface area (Å²) in [6.07, 6.45) is 3.89. The Labute approximate surface area is 61.2 Å². The first kappa shape index (κ1) is 7.42. The fraction of sp³-hybridized carbons (Fsp3) is 1.00. The van der Waals surface area contributed by atoms with Crippen molar-refractivity contribution >= 4 is 11.8 Å². The van der Waals surface area contributed by atoms with Crippen LogP contribution in [0.3, 0.4) is 0 Å². The molecule has 9 heavy (non-hydrogen) atoms. The van der Waals surface area contributed by atoms with Crippen LogP contribution in [0.25, 0.3) is 0 Å². The maximum Gasteiger partial charge on any atom is 0.103 e. The Kier molecular flexibility index (Phi) is 3.44. The smallest absolute Gasteiger partial charge is 0.103 e. The van der Waals surface area contributed by atoms with Crippen molar-refractivity contribution < 1.29 is 4.74 Å². The highest BCUT2D eigenvalue weighted by atomic mass is 32.2. The van der Waals surface area contributed by atoms with Crippen molar-refractivity contribution in [2.24, 2.45) is 0 Å². The van der Waals surface area contributed by atoms with Gasteiger partial charge in [0.1, 0.15) is 5.44 Å². The first-order valence-corrected chi connectivity index (χ1v) is 4.71. The molecule has 0 saturated carbocycles. The molecule has 1 fully saturated rings. The molecule has 0 bridgehead atoms. The first-order chi connectivity index (χ1) is 4.43. The van der Waals surface area contributed by atoms with Gasteiger partial charge in [-0.1, -0.05) is 6.92 Å². The molecule has 1 heterocycles. The molecular weight excluding hydrogens is 132 g/mol. The van der Waals surface area contributed by atoms with E-state index in [4.69, 9.17) is 4.74 Å². The quantitative estimate of drug-likeness (QED) is 0.591. The highest BCUT2D eigenvalue weighted by Crippen LogP contribution is 2.22. The van der Waals surface area contributed by atoms with E-state index in [1.165, 1.54) is 25.0 Å². The topological polar surface area (TPSA) is 9.23 Å². The average molecular weight is 146 g/mol. The van der Waals surface area contributed by atoms with Gasteiger partial charge in [0.25, 0.3) is 0 Å². The molecule has 0 N–H and O–H groups in total. The van der Waals surface area contributed by atoms with Crippen molar-refractivity contribution in [3.63, 3.8) is 0 Å². The van der Waals surface area contributed by atoms with Gasteiger partial charge in [0, 0.05) is 6.61 Å². The SMILES string of the molecule is CCS[C@H]1CCCCO1. The number of hydrogen-bond donors (Lipinski definition) is 0. The van der Waals surface area contributed by atoms with Crippen LogP contribution in [-0.2, 0) is 4.74 Å². The van der Waals surface area contributed by atoms with Gasteiger partial charge in [-0.2, -0.15) is 0 Å². The zero-order valence-corrected chi connectivity index (χ0v) is 6.75. The normalized spacial score (nSPS) is 28.3. The Balaban J connectivity index is 2.08. The molecule has 0 amide bonds. The minimum atomic E-state index is 0.517. The fourth-order valence-corrected chi connectivity index (χ4v) is 1.93. The standard InChI is InChI=1S/C7H14OS/c1-2-9-7-5-3-4-6-8-7/h7H,2-6H2,1H3/t7-/m0/s1. The van der Waals surface area contributed by atoms with Crippen molar-refractivity contribution in [1.82, 2.24) is 0 Å². The number of ether oxygens (including phenoxy) is 1. The monoisotopic (exact) mass is 146 g/mol. The van der Waals surface area contributed by atoms with E-state index < -0.39 is 0 Å². The highest BCUT2D eigenvalue weighted by Gasteiger charge is 2.11. The van der Waals surface area contributed by atoms with E-state index in [-0.39, 0.29) is 0 Å². The second-order valence-electron chi connectivity index (χ2n) is 2.25. The number of rotatable bonds is 2. The van der Waals surface area contributed by atoms with Gasteiger partial charge < -0.3 is 4.74 Å². The van der Waals surface area contributed by atoms with E-state index in [2.05, 4.69) is 6.92 Å². The molecule has 1 atom stereocenters. The Morgan fingerprint density at radius 2 is 2.44 bits per heavy atom. The van der Waals surface area contributed by atoms with Crippen molar-refractivity contribution in [2.75, 3.05) is 12.4 Å². The Morgan fingerprint density at radius 3 is 3.00 bits per heavy atom. The van der Waals surface area contributed by atoms with Crippen molar-refractivity contribution in [3.8, 4) is 0 Å². The van der Waals surface area contributed by atoms with Crippen LogP contribution in [0.2, 0.25) is 0 Å². The third-order valence-electron chi connectivity index (χ3n) is 1.49. The van der Waals surface area contributed by atoms with E-state index in [1.54, 1.807) is 0 Å². The van der Waals surface area contributed by atoms with Crippen LogP contribution >= 0.6 is 11.8 Å². The van der Waals surface area contributed by atoms with Gasteiger partial charge in [-0.3, -0.25) is 0 Å². The molecule has 0 aromatic heterocycles. The van der Waals surface area contributed by atoms with Gasteiger partial charge in [-0.05, 0) is 25.0 Å². The van der Waals surface area contributed by atoms with E-state index in [1.807, 2.05) is 11.8 Å². The summed E-state index contributed by atoms with van der Waals surface area (Å²) in [5.41, 5.74) is 0.517. The van der Waals surface area contributed by atoms with Crippen LogP contribution in [0, 0.1) is 0 Å². The lowest BCUT2D eigenvalue weighted by molar-refractivity contribution is 0.0729. The lowest BCUT2D eigenvalue weighted by atomic mass is 10.2. The van der Waals surface area contributed by atoms with Gasteiger partial charge in [0.2, 0.25) is 0 Å². The molecule has 1 nitrogen and oxygen atoms in total. The van der Waals surface area contributed by atoms with Gasteiger partial charge in [0.15, 0.2) is 0 Å². The van der Waals surface area contributed by atoms with E-state index in [0.29, 0.717) is 5.44 Å². The molecule has 0 unspecified atom stereocenters. The predicted octanol–water partition coefficient (Wildman–Crippen LogP) is 2.27. The zero-order valence-electron chi connectivity index (χ0n) is 5.93. The van der Waals surface area contributed by atoms with Crippen LogP contribution < -0.4 is 0 Å². The molecule has 1 rings (SSSR count). The van der Waals surface area contributed by atoms with Gasteiger partial charge in [-0.15, -0.1) is 11.8 Å². The minimum Gasteiger partial charge on any atom is -0.368 e. The third kappa shape index (κ3) is 2.59. The molecule has 54 valence electrons. The summed E-state index contributed by atoms with van der Waals surface area (Å²) >= 11 is 1.93. The second kappa shape index (κ2) is 4.18. The molecule has 1 saturated heterocycles. The summed E-state index contributed by atoms with van der Waals surface area (Å²) in [5.74, 6) is 1.19. The van der Waals surface area contributed by atoms with Crippen LogP contribution in [0.5, 0.6) is 0 Å². The first-order valence-electron chi connectivity index (χ1n) is 3.66. The summed E-state index contributed by atoms with van der Waals surface area (Å²) in [4.78, 5) is 0. The second-order valence-corrected chi connectivity index (χ2v) is 3.69. The third-order valence-corrected chi connectivity index (χ3v) is 2.57. The molecule has 0 aromatic rings. The van der Waals surface area contributed by atoms with Crippen LogP contribution in [0.4, 0.5) is 0 Å². The molecule has 1 aliphatic rings. The lowest BCUT2D eigenvalue weighted by Gasteiger charge is -2.20. The van der Waals surface area contributed by atoms with E-state index >= 15 is 0 Å². The summed E-state index contributed by atoms with van der Waals surface area (Å²) in [6, 6.07) is 0. The van der Waals surface area contributed by atoms with E-state index in [9.17, 15) is 0 Å². The van der Waals surface area contributed by atoms with Crippen molar-refractivity contribution in [3.05, 3.63) is 0 Å². The van der Waals surface area contributed by atoms with Crippen LogP contribution in [0.1, 0.15) is 26.2 Å². The number of hydrogen-bond acceptors (Lipinski definition) is 2. The Morgan fingerprint density at radius 1 is 1.56 bits per heavy atom. The van der Waals surface area contributed by atoms with Crippen molar-refractivity contribution in [1.29, 1.82) is 0 Å². The largest absolute Gasteiger partial charge is 0.368 e. The Bertz CT molecular complexity index is 66.6. The molecule has 0 spiro atoms. The maximum absolute atomic E-state index is 5.48. The van der Waals surface area contributed by atoms with Crippen LogP contribution in [0.15, 0.2) is 0 Å². The fourth-order valence-electron chi connectivity index (χ4n) is 1.03. The van der Waals surface area contributed by atoms with Crippen LogP contribution in [-0.4, -0.2) is 17.8 Å². The summed E-state index contributed by atoms with van der Waals surface area (Å²) < 4.78 is 5.48. The highest BCUT2D eigenvalue weighted by molar-refractivity contribution is 7.99. The minimum absolute atomic E-state index is 0.517. The molecule has 0 radical (unpaired) electrons. The molecule has 1 aliphatic heterocycles. The van der Waals surface area contributed by atoms with Gasteiger partial charge >= 0.3 is 0 Å². The zero-order chi connectivity index (χ0) is 6.53. The summed E-state index contributed by atoms with van der Waals surface area (Å²) in [5, 5.41) is 0. The van der Waals surface area contributed by atoms with Crippen molar-refractivity contribution in [2.45, 2.75) is 31.6 Å².